The summed E-state index contributed by atoms with van der Waals surface area (Å²) in [5.41, 5.74) is -0.0440. The van der Waals surface area contributed by atoms with Crippen molar-refractivity contribution in [1.29, 1.82) is 5.26 Å². The molecular weight excluding hydrogens is 188 g/mol. The number of hydrogen-bond donors (Lipinski definition) is 0. The normalized spacial score (nSPS) is 10.6. The van der Waals surface area contributed by atoms with Crippen LogP contribution in [0.3, 0.4) is 0 Å². The Morgan fingerprint density at radius 2 is 2.62 bits per heavy atom. The SMILES string of the molecule is COC(=O)/C(C#N)=C/c1nccs1. The van der Waals surface area contributed by atoms with Crippen molar-refractivity contribution >= 4 is 23.4 Å². The van der Waals surface area contributed by atoms with Crippen molar-refractivity contribution in [3.05, 3.63) is 22.2 Å². The molecule has 1 aromatic rings. The number of esters is 1. The van der Waals surface area contributed by atoms with Gasteiger partial charge in [0.2, 0.25) is 0 Å². The third-order valence-electron chi connectivity index (χ3n) is 1.24. The second kappa shape index (κ2) is 4.38. The molecule has 5 heteroatoms. The molecule has 0 aliphatic carbocycles. The Morgan fingerprint density at radius 1 is 1.85 bits per heavy atom. The van der Waals surface area contributed by atoms with Gasteiger partial charge in [0.15, 0.2) is 0 Å². The van der Waals surface area contributed by atoms with Gasteiger partial charge in [-0.25, -0.2) is 9.78 Å². The fourth-order valence-electron chi connectivity index (χ4n) is 0.676. The molecule has 13 heavy (non-hydrogen) atoms. The number of carbonyl (C=O) groups is 1. The molecule has 0 aliphatic rings. The van der Waals surface area contributed by atoms with E-state index in [1.54, 1.807) is 17.6 Å². The second-order valence-corrected chi connectivity index (χ2v) is 2.96. The van der Waals surface area contributed by atoms with Gasteiger partial charge in [-0.05, 0) is 6.08 Å². The molecule has 0 spiro atoms. The topological polar surface area (TPSA) is 63.0 Å². The lowest BCUT2D eigenvalue weighted by Gasteiger charge is -1.93. The quantitative estimate of drug-likeness (QED) is 0.403. The summed E-state index contributed by atoms with van der Waals surface area (Å²) in [6.07, 6.45) is 3.00. The van der Waals surface area contributed by atoms with Gasteiger partial charge in [0.25, 0.3) is 0 Å². The predicted octanol–water partition coefficient (Wildman–Crippen LogP) is 1.22. The van der Waals surface area contributed by atoms with Gasteiger partial charge in [0, 0.05) is 11.6 Å². The van der Waals surface area contributed by atoms with Crippen molar-refractivity contribution in [1.82, 2.24) is 4.98 Å². The summed E-state index contributed by atoms with van der Waals surface area (Å²) in [5.74, 6) is -0.641. The Labute approximate surface area is 79.1 Å². The highest BCUT2D eigenvalue weighted by molar-refractivity contribution is 7.10. The van der Waals surface area contributed by atoms with E-state index < -0.39 is 5.97 Å². The summed E-state index contributed by atoms with van der Waals surface area (Å²) in [4.78, 5) is 14.8. The van der Waals surface area contributed by atoms with Crippen LogP contribution in [0.1, 0.15) is 5.01 Å². The van der Waals surface area contributed by atoms with E-state index >= 15 is 0 Å². The van der Waals surface area contributed by atoms with Crippen molar-refractivity contribution in [3.8, 4) is 6.07 Å². The van der Waals surface area contributed by atoms with Gasteiger partial charge in [0.1, 0.15) is 16.6 Å². The van der Waals surface area contributed by atoms with Gasteiger partial charge in [0.05, 0.1) is 7.11 Å². The van der Waals surface area contributed by atoms with Crippen LogP contribution in [0.2, 0.25) is 0 Å². The van der Waals surface area contributed by atoms with E-state index in [1.165, 1.54) is 24.5 Å². The maximum Gasteiger partial charge on any atom is 0.348 e. The van der Waals surface area contributed by atoms with Gasteiger partial charge >= 0.3 is 5.97 Å². The molecule has 1 rings (SSSR count). The number of aromatic nitrogens is 1. The molecule has 0 aromatic carbocycles. The average Bonchev–Trinajstić information content (AvgIpc) is 2.65. The molecule has 0 aliphatic heterocycles. The number of carbonyl (C=O) groups excluding carboxylic acids is 1. The summed E-state index contributed by atoms with van der Waals surface area (Å²) in [7, 11) is 1.23. The zero-order chi connectivity index (χ0) is 9.68. The number of thiazole rings is 1. The molecule has 0 unspecified atom stereocenters. The molecule has 0 N–H and O–H groups in total. The van der Waals surface area contributed by atoms with Crippen LogP contribution in [0.5, 0.6) is 0 Å². The van der Waals surface area contributed by atoms with Crippen LogP contribution >= 0.6 is 11.3 Å². The van der Waals surface area contributed by atoms with Crippen LogP contribution in [0.25, 0.3) is 6.08 Å². The number of nitrogens with zero attached hydrogens (tertiary/aromatic N) is 2. The van der Waals surface area contributed by atoms with Crippen LogP contribution in [-0.4, -0.2) is 18.1 Å². The fraction of sp³-hybridized carbons (Fsp3) is 0.125. The first-order chi connectivity index (χ1) is 6.27. The highest BCUT2D eigenvalue weighted by Gasteiger charge is 2.08. The first kappa shape index (κ1) is 9.42. The number of methoxy groups -OCH3 is 1. The minimum absolute atomic E-state index is 0.0440. The number of ether oxygens (including phenoxy) is 1. The van der Waals surface area contributed by atoms with E-state index in [1.807, 2.05) is 0 Å². The lowest BCUT2D eigenvalue weighted by molar-refractivity contribution is -0.135. The standard InChI is InChI=1S/C8H6N2O2S/c1-12-8(11)6(5-9)4-7-10-2-3-13-7/h2-4H,1H3/b6-4+. The van der Waals surface area contributed by atoms with Crippen molar-refractivity contribution in [2.45, 2.75) is 0 Å². The van der Waals surface area contributed by atoms with Crippen LogP contribution in [0.15, 0.2) is 17.2 Å². The monoisotopic (exact) mass is 194 g/mol. The first-order valence-corrected chi connectivity index (χ1v) is 4.25. The zero-order valence-corrected chi connectivity index (χ0v) is 7.67. The van der Waals surface area contributed by atoms with E-state index in [4.69, 9.17) is 5.26 Å². The van der Waals surface area contributed by atoms with E-state index in [9.17, 15) is 4.79 Å². The van der Waals surface area contributed by atoms with Crippen LogP contribution in [0.4, 0.5) is 0 Å². The van der Waals surface area contributed by atoms with Crippen molar-refractivity contribution in [2.24, 2.45) is 0 Å². The summed E-state index contributed by atoms with van der Waals surface area (Å²) in [6, 6.07) is 1.74. The number of rotatable bonds is 2. The first-order valence-electron chi connectivity index (χ1n) is 3.37. The second-order valence-electron chi connectivity index (χ2n) is 2.03. The largest absolute Gasteiger partial charge is 0.465 e. The highest BCUT2D eigenvalue weighted by Crippen LogP contribution is 2.10. The third kappa shape index (κ3) is 2.39. The predicted molar refractivity (Wildman–Crippen MR) is 47.7 cm³/mol. The fourth-order valence-corrected chi connectivity index (χ4v) is 1.24. The molecule has 0 atom stereocenters. The zero-order valence-electron chi connectivity index (χ0n) is 6.85. The lowest BCUT2D eigenvalue weighted by Crippen LogP contribution is -2.02. The summed E-state index contributed by atoms with van der Waals surface area (Å²) < 4.78 is 4.40. The summed E-state index contributed by atoms with van der Waals surface area (Å²) in [5, 5.41) is 11.0. The minimum Gasteiger partial charge on any atom is -0.465 e. The molecule has 0 saturated carbocycles. The van der Waals surface area contributed by atoms with Gasteiger partial charge in [-0.15, -0.1) is 11.3 Å². The Hall–Kier alpha value is -1.67. The molecule has 0 radical (unpaired) electrons. The van der Waals surface area contributed by atoms with Gasteiger partial charge in [-0.2, -0.15) is 5.26 Å². The highest BCUT2D eigenvalue weighted by atomic mass is 32.1. The summed E-state index contributed by atoms with van der Waals surface area (Å²) >= 11 is 1.35. The number of hydrogen-bond acceptors (Lipinski definition) is 5. The third-order valence-corrected chi connectivity index (χ3v) is 1.97. The average molecular weight is 194 g/mol. The van der Waals surface area contributed by atoms with Crippen molar-refractivity contribution < 1.29 is 9.53 Å². The van der Waals surface area contributed by atoms with E-state index in [-0.39, 0.29) is 5.57 Å². The molecular formula is C8H6N2O2S. The van der Waals surface area contributed by atoms with Crippen LogP contribution in [-0.2, 0) is 9.53 Å². The number of nitriles is 1. The Morgan fingerprint density at radius 3 is 3.08 bits per heavy atom. The van der Waals surface area contributed by atoms with Gasteiger partial charge in [-0.3, -0.25) is 0 Å². The summed E-state index contributed by atoms with van der Waals surface area (Å²) in [6.45, 7) is 0. The Bertz CT molecular complexity index is 362. The molecule has 66 valence electrons. The van der Waals surface area contributed by atoms with E-state index in [0.717, 1.165) is 0 Å². The van der Waals surface area contributed by atoms with E-state index in [2.05, 4.69) is 9.72 Å². The molecule has 0 fully saturated rings. The molecule has 0 bridgehead atoms. The maximum absolute atomic E-state index is 10.9. The van der Waals surface area contributed by atoms with Crippen molar-refractivity contribution in [3.63, 3.8) is 0 Å². The smallest absolute Gasteiger partial charge is 0.348 e. The van der Waals surface area contributed by atoms with Crippen molar-refractivity contribution in [2.75, 3.05) is 7.11 Å². The Balaban J connectivity index is 2.91. The molecule has 1 heterocycles. The van der Waals surface area contributed by atoms with Gasteiger partial charge < -0.3 is 4.74 Å². The lowest BCUT2D eigenvalue weighted by atomic mass is 10.3. The molecule has 0 saturated heterocycles. The molecule has 1 aromatic heterocycles. The Kier molecular flexibility index (Phi) is 3.17. The van der Waals surface area contributed by atoms with Gasteiger partial charge in [-0.1, -0.05) is 0 Å². The molecule has 4 nitrogen and oxygen atoms in total. The van der Waals surface area contributed by atoms with E-state index in [0.29, 0.717) is 5.01 Å². The van der Waals surface area contributed by atoms with Crippen LogP contribution in [0, 0.1) is 11.3 Å². The van der Waals surface area contributed by atoms with Crippen LogP contribution < -0.4 is 0 Å². The molecule has 0 amide bonds. The maximum atomic E-state index is 10.9. The minimum atomic E-state index is -0.641.